The van der Waals surface area contributed by atoms with Crippen LogP contribution in [-0.2, 0) is 9.59 Å². The molecule has 1 aromatic rings. The summed E-state index contributed by atoms with van der Waals surface area (Å²) >= 11 is 0. The minimum absolute atomic E-state index is 0.0901. The van der Waals surface area contributed by atoms with Gasteiger partial charge in [-0.15, -0.1) is 0 Å². The summed E-state index contributed by atoms with van der Waals surface area (Å²) in [5.41, 5.74) is 0.913. The van der Waals surface area contributed by atoms with Gasteiger partial charge in [0.2, 0.25) is 5.91 Å². The predicted molar refractivity (Wildman–Crippen MR) is 82.2 cm³/mol. The summed E-state index contributed by atoms with van der Waals surface area (Å²) < 4.78 is 10.4. The van der Waals surface area contributed by atoms with Crippen molar-refractivity contribution >= 4 is 11.9 Å². The molecule has 0 aliphatic carbocycles. The number of unbranched alkanes of at least 4 members (excludes halogenated alkanes) is 1. The fraction of sp³-hybridized carbons (Fsp3) is 0.500. The molecule has 0 saturated carbocycles. The Bertz CT molecular complexity index is 515. The van der Waals surface area contributed by atoms with Gasteiger partial charge in [0.25, 0.3) is 0 Å². The molecule has 0 aliphatic rings. The van der Waals surface area contributed by atoms with Gasteiger partial charge in [-0.2, -0.15) is 0 Å². The molecule has 2 N–H and O–H groups in total. The zero-order chi connectivity index (χ0) is 16.5. The molecule has 0 heterocycles. The average Bonchev–Trinajstić information content (AvgIpc) is 2.50. The summed E-state index contributed by atoms with van der Waals surface area (Å²) in [6.45, 7) is 1.89. The first-order valence-electron chi connectivity index (χ1n) is 7.21. The van der Waals surface area contributed by atoms with Crippen LogP contribution >= 0.6 is 0 Å². The highest BCUT2D eigenvalue weighted by Gasteiger charge is 2.12. The number of benzene rings is 1. The summed E-state index contributed by atoms with van der Waals surface area (Å²) in [6.07, 6.45) is 1.49. The first kappa shape index (κ1) is 17.8. The number of hydrogen-bond acceptors (Lipinski definition) is 4. The maximum absolute atomic E-state index is 11.8. The second-order valence-electron chi connectivity index (χ2n) is 5.00. The summed E-state index contributed by atoms with van der Waals surface area (Å²) in [7, 11) is 3.13. The third-order valence-corrected chi connectivity index (χ3v) is 3.33. The van der Waals surface area contributed by atoms with E-state index >= 15 is 0 Å². The van der Waals surface area contributed by atoms with Gasteiger partial charge in [0.05, 0.1) is 20.3 Å². The van der Waals surface area contributed by atoms with Crippen LogP contribution in [-0.4, -0.2) is 31.2 Å². The lowest BCUT2D eigenvalue weighted by atomic mass is 10.1. The van der Waals surface area contributed by atoms with Gasteiger partial charge in [0.1, 0.15) is 0 Å². The van der Waals surface area contributed by atoms with E-state index in [0.717, 1.165) is 5.56 Å². The molecule has 0 aliphatic heterocycles. The van der Waals surface area contributed by atoms with Crippen molar-refractivity contribution in [3.05, 3.63) is 23.8 Å². The van der Waals surface area contributed by atoms with Crippen molar-refractivity contribution in [2.75, 3.05) is 14.2 Å². The molecule has 1 rings (SSSR count). The van der Waals surface area contributed by atoms with Crippen LogP contribution in [0.2, 0.25) is 0 Å². The van der Waals surface area contributed by atoms with Crippen LogP contribution < -0.4 is 14.8 Å². The molecule has 22 heavy (non-hydrogen) atoms. The summed E-state index contributed by atoms with van der Waals surface area (Å²) in [5, 5.41) is 11.4. The molecule has 1 unspecified atom stereocenters. The second-order valence-corrected chi connectivity index (χ2v) is 5.00. The number of ether oxygens (including phenoxy) is 2. The fourth-order valence-corrected chi connectivity index (χ4v) is 2.08. The zero-order valence-corrected chi connectivity index (χ0v) is 13.2. The standard InChI is InChI=1S/C16H23NO5/c1-11(17-15(18)6-4-5-7-16(19)20)12-8-9-13(21-2)14(10-12)22-3/h8-11H,4-7H2,1-3H3,(H,17,18)(H,19,20). The summed E-state index contributed by atoms with van der Waals surface area (Å²) in [4.78, 5) is 22.2. The van der Waals surface area contributed by atoms with E-state index in [-0.39, 0.29) is 18.4 Å². The molecule has 0 aromatic heterocycles. The highest BCUT2D eigenvalue weighted by Crippen LogP contribution is 2.29. The van der Waals surface area contributed by atoms with Crippen LogP contribution in [0.4, 0.5) is 0 Å². The molecule has 1 aromatic carbocycles. The number of methoxy groups -OCH3 is 2. The number of carboxylic acid groups (broad SMARTS) is 1. The van der Waals surface area contributed by atoms with E-state index in [1.807, 2.05) is 19.1 Å². The lowest BCUT2D eigenvalue weighted by Crippen LogP contribution is -2.26. The van der Waals surface area contributed by atoms with Gasteiger partial charge in [-0.25, -0.2) is 0 Å². The minimum atomic E-state index is -0.834. The van der Waals surface area contributed by atoms with Gasteiger partial charge >= 0.3 is 5.97 Å². The van der Waals surface area contributed by atoms with Crippen molar-refractivity contribution in [3.8, 4) is 11.5 Å². The van der Waals surface area contributed by atoms with Gasteiger partial charge in [-0.3, -0.25) is 9.59 Å². The van der Waals surface area contributed by atoms with E-state index in [2.05, 4.69) is 5.32 Å². The minimum Gasteiger partial charge on any atom is -0.493 e. The van der Waals surface area contributed by atoms with E-state index in [0.29, 0.717) is 30.8 Å². The van der Waals surface area contributed by atoms with Crippen LogP contribution in [0, 0.1) is 0 Å². The summed E-state index contributed by atoms with van der Waals surface area (Å²) in [5.74, 6) is 0.327. The number of amides is 1. The lowest BCUT2D eigenvalue weighted by molar-refractivity contribution is -0.137. The average molecular weight is 309 g/mol. The normalized spacial score (nSPS) is 11.6. The van der Waals surface area contributed by atoms with Crippen LogP contribution in [0.5, 0.6) is 11.5 Å². The van der Waals surface area contributed by atoms with E-state index < -0.39 is 5.97 Å². The third-order valence-electron chi connectivity index (χ3n) is 3.33. The van der Waals surface area contributed by atoms with Gasteiger partial charge in [0, 0.05) is 12.8 Å². The molecular formula is C16H23NO5. The van der Waals surface area contributed by atoms with E-state index in [9.17, 15) is 9.59 Å². The smallest absolute Gasteiger partial charge is 0.303 e. The van der Waals surface area contributed by atoms with Crippen molar-refractivity contribution in [2.24, 2.45) is 0 Å². The number of carbonyl (C=O) groups is 2. The number of nitrogens with one attached hydrogen (secondary N) is 1. The summed E-state index contributed by atoms with van der Waals surface area (Å²) in [6, 6.07) is 5.33. The van der Waals surface area contributed by atoms with E-state index in [1.165, 1.54) is 0 Å². The maximum Gasteiger partial charge on any atom is 0.303 e. The number of hydrogen-bond donors (Lipinski definition) is 2. The van der Waals surface area contributed by atoms with Gasteiger partial charge in [0.15, 0.2) is 11.5 Å². The molecular weight excluding hydrogens is 286 g/mol. The molecule has 0 spiro atoms. The van der Waals surface area contributed by atoms with Gasteiger partial charge in [-0.1, -0.05) is 6.07 Å². The molecule has 122 valence electrons. The van der Waals surface area contributed by atoms with Crippen molar-refractivity contribution in [1.82, 2.24) is 5.32 Å². The van der Waals surface area contributed by atoms with Gasteiger partial charge in [-0.05, 0) is 37.5 Å². The second kappa shape index (κ2) is 8.92. The molecule has 6 nitrogen and oxygen atoms in total. The zero-order valence-electron chi connectivity index (χ0n) is 13.2. The predicted octanol–water partition coefficient (Wildman–Crippen LogP) is 2.53. The molecule has 6 heteroatoms. The van der Waals surface area contributed by atoms with Crippen molar-refractivity contribution in [1.29, 1.82) is 0 Å². The van der Waals surface area contributed by atoms with E-state index in [4.69, 9.17) is 14.6 Å². The number of rotatable bonds is 9. The number of carboxylic acids is 1. The van der Waals surface area contributed by atoms with Crippen molar-refractivity contribution in [2.45, 2.75) is 38.6 Å². The maximum atomic E-state index is 11.8. The molecule has 1 amide bonds. The SMILES string of the molecule is COc1ccc(C(C)NC(=O)CCCCC(=O)O)cc1OC. The van der Waals surface area contributed by atoms with Crippen molar-refractivity contribution < 1.29 is 24.2 Å². The van der Waals surface area contributed by atoms with Crippen LogP contribution in [0.3, 0.4) is 0 Å². The molecule has 0 radical (unpaired) electrons. The highest BCUT2D eigenvalue weighted by molar-refractivity contribution is 5.76. The molecule has 0 fully saturated rings. The Hall–Kier alpha value is -2.24. The number of aliphatic carboxylic acids is 1. The van der Waals surface area contributed by atoms with Gasteiger partial charge < -0.3 is 19.9 Å². The van der Waals surface area contributed by atoms with E-state index in [1.54, 1.807) is 20.3 Å². The Kier molecular flexibility index (Phi) is 7.22. The Morgan fingerprint density at radius 2 is 1.77 bits per heavy atom. The van der Waals surface area contributed by atoms with Crippen LogP contribution in [0.25, 0.3) is 0 Å². The first-order valence-corrected chi connectivity index (χ1v) is 7.21. The topological polar surface area (TPSA) is 84.9 Å². The molecule has 0 saturated heterocycles. The molecule has 0 bridgehead atoms. The largest absolute Gasteiger partial charge is 0.493 e. The van der Waals surface area contributed by atoms with Crippen LogP contribution in [0.1, 0.15) is 44.2 Å². The first-order chi connectivity index (χ1) is 10.5. The Balaban J connectivity index is 2.52. The lowest BCUT2D eigenvalue weighted by Gasteiger charge is -2.16. The van der Waals surface area contributed by atoms with Crippen molar-refractivity contribution in [3.63, 3.8) is 0 Å². The van der Waals surface area contributed by atoms with Crippen LogP contribution in [0.15, 0.2) is 18.2 Å². The highest BCUT2D eigenvalue weighted by atomic mass is 16.5. The Morgan fingerprint density at radius 1 is 1.14 bits per heavy atom. The number of carbonyl (C=O) groups excluding carboxylic acids is 1. The molecule has 1 atom stereocenters. The fourth-order valence-electron chi connectivity index (χ4n) is 2.08. The Labute approximate surface area is 130 Å². The monoisotopic (exact) mass is 309 g/mol. The Morgan fingerprint density at radius 3 is 2.36 bits per heavy atom. The third kappa shape index (κ3) is 5.63. The quantitative estimate of drug-likeness (QED) is 0.685.